The van der Waals surface area contributed by atoms with Gasteiger partial charge < -0.3 is 10.1 Å². The van der Waals surface area contributed by atoms with Crippen molar-refractivity contribution in [1.82, 2.24) is 5.01 Å². The Labute approximate surface area is 209 Å². The summed E-state index contributed by atoms with van der Waals surface area (Å²) in [5.41, 5.74) is 4.48. The van der Waals surface area contributed by atoms with E-state index in [1.54, 1.807) is 0 Å². The number of urea groups is 1. The third kappa shape index (κ3) is 5.20. The number of hydrazone groups is 1. The highest BCUT2D eigenvalue weighted by molar-refractivity contribution is 6.30. The van der Waals surface area contributed by atoms with Crippen molar-refractivity contribution >= 4 is 29.0 Å². The molecule has 1 aliphatic rings. The third-order valence-electron chi connectivity index (χ3n) is 5.89. The van der Waals surface area contributed by atoms with E-state index in [1.807, 2.05) is 97.9 Å². The van der Waals surface area contributed by atoms with Crippen LogP contribution in [0.1, 0.15) is 22.6 Å². The number of para-hydroxylation sites is 1. The Hall–Kier alpha value is -4.09. The molecular weight excluding hydrogens is 458 g/mol. The minimum absolute atomic E-state index is 0.0356. The van der Waals surface area contributed by atoms with Crippen LogP contribution in [0.25, 0.3) is 0 Å². The molecule has 0 radical (unpaired) electrons. The number of benzene rings is 4. The van der Waals surface area contributed by atoms with Crippen LogP contribution < -0.4 is 10.1 Å². The molecule has 0 aromatic heterocycles. The van der Waals surface area contributed by atoms with E-state index < -0.39 is 0 Å². The normalized spacial score (nSPS) is 15.0. The Kier molecular flexibility index (Phi) is 6.51. The molecular formula is C29H24ClN3O2. The maximum absolute atomic E-state index is 13.2. The van der Waals surface area contributed by atoms with Gasteiger partial charge in [-0.15, -0.1) is 0 Å². The zero-order valence-electron chi connectivity index (χ0n) is 19.2. The minimum Gasteiger partial charge on any atom is -0.457 e. The second-order valence-electron chi connectivity index (χ2n) is 8.36. The highest BCUT2D eigenvalue weighted by Gasteiger charge is 2.32. The molecule has 5 nitrogen and oxygen atoms in total. The molecule has 4 aromatic carbocycles. The maximum atomic E-state index is 13.2. The van der Waals surface area contributed by atoms with Gasteiger partial charge in [0.25, 0.3) is 0 Å². The van der Waals surface area contributed by atoms with Crippen LogP contribution >= 0.6 is 11.6 Å². The first kappa shape index (κ1) is 22.7. The van der Waals surface area contributed by atoms with Gasteiger partial charge in [0.05, 0.1) is 12.3 Å². The summed E-state index contributed by atoms with van der Waals surface area (Å²) in [6.07, 6.45) is 0. The van der Waals surface area contributed by atoms with Gasteiger partial charge in [-0.25, -0.2) is 9.80 Å². The number of nitrogens with one attached hydrogen (secondary N) is 1. The standard InChI is InChI=1S/C29H24ClN3O2/c1-20-18-24(16-17-27(20)35-25-10-6-3-7-11-25)31-29(34)33-19-26(21-8-4-2-5-9-21)28(32-33)22-12-14-23(30)15-13-22/h2-18,26H,19H2,1H3,(H,31,34). The van der Waals surface area contributed by atoms with Crippen molar-refractivity contribution in [2.45, 2.75) is 12.8 Å². The lowest BCUT2D eigenvalue weighted by Crippen LogP contribution is -2.30. The van der Waals surface area contributed by atoms with Crippen molar-refractivity contribution in [2.24, 2.45) is 5.10 Å². The quantitative estimate of drug-likeness (QED) is 0.321. The first-order valence-corrected chi connectivity index (χ1v) is 11.8. The van der Waals surface area contributed by atoms with Crippen LogP contribution in [0, 0.1) is 6.92 Å². The average molecular weight is 482 g/mol. The fourth-order valence-corrected chi connectivity index (χ4v) is 4.23. The smallest absolute Gasteiger partial charge is 0.342 e. The van der Waals surface area contributed by atoms with Crippen molar-refractivity contribution in [1.29, 1.82) is 0 Å². The van der Waals surface area contributed by atoms with Crippen molar-refractivity contribution in [3.8, 4) is 11.5 Å². The zero-order valence-corrected chi connectivity index (χ0v) is 19.9. The Balaban J connectivity index is 1.35. The first-order chi connectivity index (χ1) is 17.1. The van der Waals surface area contributed by atoms with Crippen molar-refractivity contribution in [2.75, 3.05) is 11.9 Å². The lowest BCUT2D eigenvalue weighted by molar-refractivity contribution is 0.218. The molecule has 1 N–H and O–H groups in total. The summed E-state index contributed by atoms with van der Waals surface area (Å²) in [6.45, 7) is 2.40. The summed E-state index contributed by atoms with van der Waals surface area (Å²) in [4.78, 5) is 13.2. The van der Waals surface area contributed by atoms with Gasteiger partial charge in [0, 0.05) is 16.6 Å². The number of carbonyl (C=O) groups excluding carboxylic acids is 1. The van der Waals surface area contributed by atoms with Crippen LogP contribution in [0.4, 0.5) is 10.5 Å². The van der Waals surface area contributed by atoms with E-state index in [2.05, 4.69) is 17.4 Å². The van der Waals surface area contributed by atoms with E-state index in [1.165, 1.54) is 5.01 Å². The van der Waals surface area contributed by atoms with E-state index in [9.17, 15) is 4.79 Å². The number of rotatable bonds is 5. The molecule has 5 rings (SSSR count). The van der Waals surface area contributed by atoms with Gasteiger partial charge in [-0.1, -0.05) is 72.3 Å². The van der Waals surface area contributed by atoms with Crippen molar-refractivity contribution < 1.29 is 9.53 Å². The maximum Gasteiger partial charge on any atom is 0.342 e. The van der Waals surface area contributed by atoms with Crippen LogP contribution in [0.2, 0.25) is 5.02 Å². The van der Waals surface area contributed by atoms with Gasteiger partial charge in [0.1, 0.15) is 11.5 Å². The highest BCUT2D eigenvalue weighted by Crippen LogP contribution is 2.31. The summed E-state index contributed by atoms with van der Waals surface area (Å²) >= 11 is 6.09. The van der Waals surface area contributed by atoms with Crippen LogP contribution in [0.3, 0.4) is 0 Å². The Morgan fingerprint density at radius 1 is 0.943 bits per heavy atom. The van der Waals surface area contributed by atoms with E-state index in [4.69, 9.17) is 21.4 Å². The molecule has 6 heteroatoms. The molecule has 35 heavy (non-hydrogen) atoms. The molecule has 1 unspecified atom stereocenters. The van der Waals surface area contributed by atoms with Gasteiger partial charge >= 0.3 is 6.03 Å². The van der Waals surface area contributed by atoms with Gasteiger partial charge in [0.15, 0.2) is 0 Å². The molecule has 0 bridgehead atoms. The lowest BCUT2D eigenvalue weighted by atomic mass is 9.91. The van der Waals surface area contributed by atoms with Crippen LogP contribution in [0.15, 0.2) is 108 Å². The summed E-state index contributed by atoms with van der Waals surface area (Å²) in [5, 5.41) is 9.83. The Morgan fingerprint density at radius 2 is 1.63 bits per heavy atom. The SMILES string of the molecule is Cc1cc(NC(=O)N2CC(c3ccccc3)C(c3ccc(Cl)cc3)=N2)ccc1Oc1ccccc1. The van der Waals surface area contributed by atoms with E-state index in [-0.39, 0.29) is 11.9 Å². The second-order valence-corrected chi connectivity index (χ2v) is 8.80. The van der Waals surface area contributed by atoms with E-state index in [0.29, 0.717) is 17.3 Å². The molecule has 0 saturated carbocycles. The van der Waals surface area contributed by atoms with Crippen LogP contribution in [-0.4, -0.2) is 23.3 Å². The van der Waals surface area contributed by atoms with Gasteiger partial charge in [-0.05, 0) is 66.1 Å². The number of aryl methyl sites for hydroxylation is 1. The molecule has 4 aromatic rings. The average Bonchev–Trinajstić information content (AvgIpc) is 3.33. The number of hydrogen-bond donors (Lipinski definition) is 1. The number of amides is 2. The number of ether oxygens (including phenoxy) is 1. The van der Waals surface area contributed by atoms with E-state index in [0.717, 1.165) is 33.9 Å². The fourth-order valence-electron chi connectivity index (χ4n) is 4.10. The summed E-state index contributed by atoms with van der Waals surface area (Å²) in [7, 11) is 0. The highest BCUT2D eigenvalue weighted by atomic mass is 35.5. The van der Waals surface area contributed by atoms with E-state index >= 15 is 0 Å². The molecule has 0 spiro atoms. The minimum atomic E-state index is -0.286. The molecule has 0 aliphatic carbocycles. The molecule has 0 fully saturated rings. The third-order valence-corrected chi connectivity index (χ3v) is 6.14. The predicted octanol–water partition coefficient (Wildman–Crippen LogP) is 7.48. The second kappa shape index (κ2) is 10.0. The summed E-state index contributed by atoms with van der Waals surface area (Å²) in [5.74, 6) is 1.47. The lowest BCUT2D eigenvalue weighted by Gasteiger charge is -2.16. The Morgan fingerprint density at radius 3 is 2.31 bits per heavy atom. The topological polar surface area (TPSA) is 53.9 Å². The summed E-state index contributed by atoms with van der Waals surface area (Å²) in [6, 6.07) is 32.6. The summed E-state index contributed by atoms with van der Waals surface area (Å²) < 4.78 is 5.95. The number of hydrogen-bond acceptors (Lipinski definition) is 3. The number of anilines is 1. The molecule has 1 heterocycles. The number of nitrogens with zero attached hydrogens (tertiary/aromatic N) is 2. The van der Waals surface area contributed by atoms with Crippen molar-refractivity contribution in [3.05, 3.63) is 125 Å². The molecule has 1 aliphatic heterocycles. The zero-order chi connectivity index (χ0) is 24.2. The van der Waals surface area contributed by atoms with Gasteiger partial charge in [-0.3, -0.25) is 0 Å². The van der Waals surface area contributed by atoms with Crippen LogP contribution in [0.5, 0.6) is 11.5 Å². The first-order valence-electron chi connectivity index (χ1n) is 11.4. The predicted molar refractivity (Wildman–Crippen MR) is 141 cm³/mol. The van der Waals surface area contributed by atoms with Gasteiger partial charge in [0.2, 0.25) is 0 Å². The Bertz CT molecular complexity index is 1360. The molecule has 1 atom stereocenters. The van der Waals surface area contributed by atoms with Crippen LogP contribution in [-0.2, 0) is 0 Å². The largest absolute Gasteiger partial charge is 0.457 e. The molecule has 174 valence electrons. The van der Waals surface area contributed by atoms with Gasteiger partial charge in [-0.2, -0.15) is 5.10 Å². The number of halogens is 1. The number of carbonyl (C=O) groups is 1. The fraction of sp³-hybridized carbons (Fsp3) is 0.103. The van der Waals surface area contributed by atoms with Crippen molar-refractivity contribution in [3.63, 3.8) is 0 Å². The monoisotopic (exact) mass is 481 g/mol. The molecule has 2 amide bonds. The molecule has 0 saturated heterocycles.